The molecule has 10 fully saturated rings. The van der Waals surface area contributed by atoms with Crippen molar-refractivity contribution in [1.82, 2.24) is 0 Å². The number of hydrogen-bond donors (Lipinski definition) is 0. The second kappa shape index (κ2) is 19.4. The standard InChI is InChI=1S/2C26H37OP.2CHF3O3S.2Ag/c2*1-23(2)17-12-14-25(23,5)21-19(17)28(16-10-8-7-9-11-16)20-18-13-15-26(6,22(20)27-21)24(18,3)4;2*2-1(3,4)8(5,6)7;;/h2*7-11,17-22H,12-15H2,1-6H3;2*(H,5,6,7);;/q;;;;2*+1/t2*17-,18-,19-,20+,21-,22+,25+,26+,28?;;;;/m11..../s1. The van der Waals surface area contributed by atoms with E-state index in [1.165, 1.54) is 51.4 Å². The zero-order valence-electron chi connectivity index (χ0n) is 44.3. The van der Waals surface area contributed by atoms with Crippen LogP contribution in [-0.2, 0) is 74.5 Å². The monoisotopic (exact) mass is 1310 g/mol. The minimum atomic E-state index is -6.09. The van der Waals surface area contributed by atoms with Gasteiger partial charge in [0, 0.05) is 61.2 Å². The maximum Gasteiger partial charge on any atom is 1.00 e. The molecule has 0 spiro atoms. The molecule has 8 aliphatic carbocycles. The second-order valence-corrected chi connectivity index (χ2v) is 35.0. The maximum atomic E-state index is 10.7. The molecule has 0 aromatic heterocycles. The molecule has 20 heteroatoms. The van der Waals surface area contributed by atoms with Crippen LogP contribution in [0.4, 0.5) is 26.3 Å². The number of rotatable bonds is 2. The number of fused-ring (bicyclic) bond motifs is 20. The van der Waals surface area contributed by atoms with E-state index < -0.39 is 47.1 Å². The van der Waals surface area contributed by atoms with Crippen LogP contribution in [0.5, 0.6) is 0 Å². The number of benzene rings is 2. The molecule has 74 heavy (non-hydrogen) atoms. The van der Waals surface area contributed by atoms with Crippen LogP contribution < -0.4 is 10.6 Å². The summed E-state index contributed by atoms with van der Waals surface area (Å²) in [6.07, 6.45) is 13.2. The molecule has 8 saturated carbocycles. The number of ether oxygens (including phenoxy) is 2. The molecule has 8 bridgehead atoms. The quantitative estimate of drug-likeness (QED) is 0.0954. The predicted octanol–water partition coefficient (Wildman–Crippen LogP) is 12.0. The van der Waals surface area contributed by atoms with Gasteiger partial charge < -0.3 is 18.6 Å². The first-order valence-electron chi connectivity index (χ1n) is 26.0. The van der Waals surface area contributed by atoms with E-state index in [1.54, 1.807) is 10.6 Å². The Morgan fingerprint density at radius 2 is 0.622 bits per heavy atom. The molecule has 424 valence electrons. The third-order valence-electron chi connectivity index (χ3n) is 23.8. The van der Waals surface area contributed by atoms with Crippen molar-refractivity contribution in [2.75, 3.05) is 0 Å². The van der Waals surface area contributed by atoms with Crippen LogP contribution in [0.25, 0.3) is 0 Å². The first-order chi connectivity index (χ1) is 32.8. The summed E-state index contributed by atoms with van der Waals surface area (Å²) in [7, 11) is -13.5. The molecule has 2 unspecified atom stereocenters. The third-order valence-corrected chi connectivity index (χ3v) is 32.7. The average Bonchev–Trinajstić information content (AvgIpc) is 4.00. The van der Waals surface area contributed by atoms with E-state index in [2.05, 4.69) is 144 Å². The molecule has 12 rings (SSSR count). The van der Waals surface area contributed by atoms with E-state index >= 15 is 0 Å². The summed E-state index contributed by atoms with van der Waals surface area (Å²) in [4.78, 5) is 0. The normalized spacial score (nSPS) is 44.3. The Bertz CT molecular complexity index is 2370. The first-order valence-corrected chi connectivity index (χ1v) is 32.1. The van der Waals surface area contributed by atoms with Crippen molar-refractivity contribution in [3.05, 3.63) is 60.7 Å². The van der Waals surface area contributed by atoms with Gasteiger partial charge in [0.05, 0.1) is 10.6 Å². The van der Waals surface area contributed by atoms with E-state index in [0.717, 1.165) is 46.3 Å². The van der Waals surface area contributed by atoms with Crippen molar-refractivity contribution >= 4 is 46.7 Å². The van der Waals surface area contributed by atoms with E-state index in [-0.39, 0.29) is 44.8 Å². The van der Waals surface area contributed by atoms with E-state index in [4.69, 9.17) is 35.4 Å². The number of hydrogen-bond acceptors (Lipinski definition) is 8. The van der Waals surface area contributed by atoms with Crippen molar-refractivity contribution in [2.24, 2.45) is 67.0 Å². The number of alkyl halides is 6. The molecule has 2 saturated heterocycles. The molecule has 18 atom stereocenters. The molecule has 2 aliphatic heterocycles. The smallest absolute Gasteiger partial charge is 0.741 e. The molecule has 10 aliphatic rings. The molecule has 2 heterocycles. The molecule has 2 aromatic carbocycles. The minimum absolute atomic E-state index is 0. The second-order valence-electron chi connectivity index (χ2n) is 26.6. The fraction of sp³-hybridized carbons (Fsp3) is 0.778. The summed E-state index contributed by atoms with van der Waals surface area (Å²) >= 11 is 0. The Balaban J connectivity index is 0.000000165. The van der Waals surface area contributed by atoms with Crippen LogP contribution in [0.2, 0.25) is 0 Å². The van der Waals surface area contributed by atoms with Crippen molar-refractivity contribution in [3.8, 4) is 0 Å². The molecule has 0 N–H and O–H groups in total. The van der Waals surface area contributed by atoms with Crippen molar-refractivity contribution < 1.29 is 107 Å². The van der Waals surface area contributed by atoms with Gasteiger partial charge in [-0.2, -0.15) is 26.3 Å². The Morgan fingerprint density at radius 3 is 0.797 bits per heavy atom. The Hall–Kier alpha value is 0.101. The molecule has 0 amide bonds. The fourth-order valence-corrected chi connectivity index (χ4v) is 29.2. The molecule has 2 aromatic rings. The van der Waals surface area contributed by atoms with Gasteiger partial charge in [0.1, 0.15) is 47.1 Å². The Morgan fingerprint density at radius 1 is 0.432 bits per heavy atom. The summed E-state index contributed by atoms with van der Waals surface area (Å²) in [6.45, 7) is 31.0. The van der Waals surface area contributed by atoms with Gasteiger partial charge in [0.2, 0.25) is 0 Å². The van der Waals surface area contributed by atoms with E-state index in [0.29, 0.717) is 67.7 Å². The predicted molar refractivity (Wildman–Crippen MR) is 271 cm³/mol. The van der Waals surface area contributed by atoms with Gasteiger partial charge in [-0.1, -0.05) is 119 Å². The average molecular weight is 1310 g/mol. The van der Waals surface area contributed by atoms with Gasteiger partial charge in [0.25, 0.3) is 0 Å². The largest absolute Gasteiger partial charge is 1.00 e. The zero-order chi connectivity index (χ0) is 53.4. The summed E-state index contributed by atoms with van der Waals surface area (Å²) in [5.41, 5.74) is -4.95. The minimum Gasteiger partial charge on any atom is -0.741 e. The van der Waals surface area contributed by atoms with Crippen LogP contribution in [0, 0.1) is 67.0 Å². The van der Waals surface area contributed by atoms with Crippen molar-refractivity contribution in [2.45, 2.75) is 193 Å². The topological polar surface area (TPSA) is 133 Å². The van der Waals surface area contributed by atoms with Crippen LogP contribution in [0.1, 0.15) is 134 Å². The van der Waals surface area contributed by atoms with Gasteiger partial charge in [-0.05, 0) is 97.3 Å². The summed E-state index contributed by atoms with van der Waals surface area (Å²) in [5, 5.41) is 3.42. The maximum absolute atomic E-state index is 10.7. The third kappa shape index (κ3) is 8.58. The van der Waals surface area contributed by atoms with Crippen LogP contribution in [0.3, 0.4) is 0 Å². The van der Waals surface area contributed by atoms with Crippen molar-refractivity contribution in [1.29, 1.82) is 0 Å². The van der Waals surface area contributed by atoms with Gasteiger partial charge >= 0.3 is 55.8 Å². The summed E-state index contributed by atoms with van der Waals surface area (Å²) in [6, 6.07) is 23.5. The summed E-state index contributed by atoms with van der Waals surface area (Å²) < 4.78 is 133. The SMILES string of the molecule is CC1(C)[C@@H]2CC[C@@]1(C)[C@@H]1O[C@H]3[C@H]([C@H]4CC[C@]3(C)C4(C)C)[PH+](c3ccccc3)[C@H]21.CC1(C)[C@@H]2CC[C@@]1(C)[C@@H]1O[C@H]3[C@H]([C@H]4CC[C@]3(C)C4(C)C)[PH+](c3ccccc3)[C@H]21.O=S(=O)([O-])C(F)(F)F.O=S(=O)([O-])C(F)(F)F.[Ag+].[Ag+]. The molecule has 0 radical (unpaired) electrons. The van der Waals surface area contributed by atoms with Gasteiger partial charge in [-0.15, -0.1) is 0 Å². The Labute approximate surface area is 470 Å². The summed E-state index contributed by atoms with van der Waals surface area (Å²) in [5.74, 6) is 3.42. The van der Waals surface area contributed by atoms with Crippen LogP contribution >= 0.6 is 15.8 Å². The van der Waals surface area contributed by atoms with Gasteiger partial charge in [0.15, 0.2) is 20.2 Å². The van der Waals surface area contributed by atoms with E-state index in [9.17, 15) is 26.3 Å². The Kier molecular flexibility index (Phi) is 16.1. The first kappa shape index (κ1) is 61.7. The molecular formula is C54H76Ag2F6O8P2S2+2. The van der Waals surface area contributed by atoms with E-state index in [1.807, 2.05) is 0 Å². The molecular weight excluding hydrogens is 1230 g/mol. The molecule has 8 nitrogen and oxygen atoms in total. The van der Waals surface area contributed by atoms with Gasteiger partial charge in [-0.25, -0.2) is 16.8 Å². The van der Waals surface area contributed by atoms with Gasteiger partial charge in [-0.3, -0.25) is 0 Å². The van der Waals surface area contributed by atoms with Crippen molar-refractivity contribution in [3.63, 3.8) is 0 Å². The zero-order valence-corrected chi connectivity index (χ0v) is 50.9. The number of halogens is 6. The van der Waals surface area contributed by atoms with Crippen LogP contribution in [-0.4, -0.2) is 84.0 Å². The van der Waals surface area contributed by atoms with Crippen LogP contribution in [0.15, 0.2) is 60.7 Å². The fourth-order valence-electron chi connectivity index (χ4n) is 18.5.